The first-order chi connectivity index (χ1) is 13.0. The summed E-state index contributed by atoms with van der Waals surface area (Å²) in [5, 5.41) is 6.34. The Bertz CT molecular complexity index is 637. The Balaban J connectivity index is 1.34. The summed E-state index contributed by atoms with van der Waals surface area (Å²) in [7, 11) is 0. The summed E-state index contributed by atoms with van der Waals surface area (Å²) in [5.74, 6) is 1.28. The second-order valence-electron chi connectivity index (χ2n) is 7.82. The predicted molar refractivity (Wildman–Crippen MR) is 112 cm³/mol. The Morgan fingerprint density at radius 1 is 1.15 bits per heavy atom. The molecule has 1 aromatic carbocycles. The van der Waals surface area contributed by atoms with E-state index in [0.717, 1.165) is 49.6 Å². The zero-order valence-electron chi connectivity index (χ0n) is 16.4. The molecule has 0 bridgehead atoms. The zero-order chi connectivity index (χ0) is 19.2. The molecule has 1 saturated carbocycles. The smallest absolute Gasteiger partial charge is 0.235 e. The van der Waals surface area contributed by atoms with Crippen LogP contribution in [0.2, 0.25) is 0 Å². The molecule has 148 valence electrons. The van der Waals surface area contributed by atoms with Crippen molar-refractivity contribution in [2.45, 2.75) is 50.8 Å². The fourth-order valence-corrected chi connectivity index (χ4v) is 4.09. The third-order valence-corrected chi connectivity index (χ3v) is 6.48. The first-order valence-electron chi connectivity index (χ1n) is 10.0. The van der Waals surface area contributed by atoms with Crippen LogP contribution in [0, 0.1) is 12.8 Å². The molecule has 3 rings (SSSR count). The maximum atomic E-state index is 12.6. The zero-order valence-corrected chi connectivity index (χ0v) is 17.2. The first-order valence-corrected chi connectivity index (χ1v) is 11.1. The number of benzene rings is 1. The largest absolute Gasteiger partial charge is 0.342 e. The van der Waals surface area contributed by atoms with Crippen LogP contribution in [0.4, 0.5) is 5.69 Å². The fraction of sp³-hybridized carbons (Fsp3) is 0.619. The molecule has 1 aliphatic heterocycles. The highest BCUT2D eigenvalue weighted by atomic mass is 32.2. The maximum Gasteiger partial charge on any atom is 0.235 e. The van der Waals surface area contributed by atoms with Gasteiger partial charge in [0.2, 0.25) is 11.8 Å². The number of thioether (sulfide) groups is 1. The molecule has 1 saturated heterocycles. The number of rotatable bonds is 8. The molecule has 5 nitrogen and oxygen atoms in total. The molecule has 0 aromatic heterocycles. The minimum absolute atomic E-state index is 0.0634. The normalized spacial score (nSPS) is 19.0. The van der Waals surface area contributed by atoms with Crippen LogP contribution in [0.1, 0.15) is 38.2 Å². The van der Waals surface area contributed by atoms with E-state index in [1.807, 2.05) is 43.0 Å². The number of hydrogen-bond acceptors (Lipinski definition) is 4. The summed E-state index contributed by atoms with van der Waals surface area (Å²) in [6, 6.07) is 8.29. The number of piperidine rings is 1. The maximum absolute atomic E-state index is 12.6. The second-order valence-corrected chi connectivity index (χ2v) is 9.15. The van der Waals surface area contributed by atoms with E-state index in [1.165, 1.54) is 24.6 Å². The average Bonchev–Trinajstić information content (AvgIpc) is 3.50. The van der Waals surface area contributed by atoms with Gasteiger partial charge in [0.15, 0.2) is 0 Å². The summed E-state index contributed by atoms with van der Waals surface area (Å²) in [4.78, 5) is 26.7. The van der Waals surface area contributed by atoms with Gasteiger partial charge >= 0.3 is 0 Å². The number of nitrogens with one attached hydrogen (secondary N) is 2. The van der Waals surface area contributed by atoms with Crippen LogP contribution < -0.4 is 10.6 Å². The Morgan fingerprint density at radius 3 is 2.44 bits per heavy atom. The standard InChI is InChI=1S/C21H31N3O2S/c1-15-3-7-19(8-4-15)23-20(25)14-27-16(2)21(26)24-11-9-18(10-12-24)22-13-17-5-6-17/h3-4,7-8,16-18,22H,5-6,9-14H2,1-2H3,(H,23,25). The van der Waals surface area contributed by atoms with Crippen LogP contribution in [0.5, 0.6) is 0 Å². The summed E-state index contributed by atoms with van der Waals surface area (Å²) >= 11 is 1.41. The molecule has 0 radical (unpaired) electrons. The number of carbonyl (C=O) groups excluding carboxylic acids is 2. The molecule has 6 heteroatoms. The molecule has 2 aliphatic rings. The fourth-order valence-electron chi connectivity index (χ4n) is 3.32. The number of aryl methyl sites for hydroxylation is 1. The van der Waals surface area contributed by atoms with E-state index >= 15 is 0 Å². The summed E-state index contributed by atoms with van der Waals surface area (Å²) < 4.78 is 0. The lowest BCUT2D eigenvalue weighted by atomic mass is 10.0. The monoisotopic (exact) mass is 389 g/mol. The van der Waals surface area contributed by atoms with Crippen molar-refractivity contribution in [2.24, 2.45) is 5.92 Å². The van der Waals surface area contributed by atoms with Crippen LogP contribution in [-0.4, -0.2) is 53.4 Å². The minimum Gasteiger partial charge on any atom is -0.342 e. The highest BCUT2D eigenvalue weighted by Crippen LogP contribution is 2.28. The lowest BCUT2D eigenvalue weighted by Crippen LogP contribution is -2.47. The molecule has 27 heavy (non-hydrogen) atoms. The number of hydrogen-bond donors (Lipinski definition) is 2. The van der Waals surface area contributed by atoms with Crippen LogP contribution in [0.3, 0.4) is 0 Å². The van der Waals surface area contributed by atoms with Gasteiger partial charge in [-0.05, 0) is 64.1 Å². The summed E-state index contributed by atoms with van der Waals surface area (Å²) in [5.41, 5.74) is 1.96. The van der Waals surface area contributed by atoms with Gasteiger partial charge in [0, 0.05) is 24.8 Å². The van der Waals surface area contributed by atoms with Gasteiger partial charge in [-0.2, -0.15) is 0 Å². The number of nitrogens with zero attached hydrogens (tertiary/aromatic N) is 1. The van der Waals surface area contributed by atoms with Gasteiger partial charge in [-0.1, -0.05) is 17.7 Å². The van der Waals surface area contributed by atoms with Crippen molar-refractivity contribution in [2.75, 3.05) is 30.7 Å². The Kier molecular flexibility index (Phi) is 7.19. The molecular weight excluding hydrogens is 358 g/mol. The third kappa shape index (κ3) is 6.54. The first kappa shape index (κ1) is 20.2. The molecule has 2 amide bonds. The van der Waals surface area contributed by atoms with Crippen LogP contribution >= 0.6 is 11.8 Å². The second kappa shape index (κ2) is 9.60. The van der Waals surface area contributed by atoms with Crippen molar-refractivity contribution >= 4 is 29.3 Å². The van der Waals surface area contributed by atoms with Crippen molar-refractivity contribution in [3.63, 3.8) is 0 Å². The molecule has 2 fully saturated rings. The number of likely N-dealkylation sites (tertiary alicyclic amines) is 1. The predicted octanol–water partition coefficient (Wildman–Crippen LogP) is 3.05. The van der Waals surface area contributed by atoms with Gasteiger partial charge in [0.25, 0.3) is 0 Å². The van der Waals surface area contributed by atoms with Crippen molar-refractivity contribution in [3.8, 4) is 0 Å². The SMILES string of the molecule is Cc1ccc(NC(=O)CSC(C)C(=O)N2CCC(NCC3CC3)CC2)cc1. The van der Waals surface area contributed by atoms with Gasteiger partial charge in [-0.3, -0.25) is 9.59 Å². The van der Waals surface area contributed by atoms with Crippen LogP contribution in [0.15, 0.2) is 24.3 Å². The number of amides is 2. The van der Waals surface area contributed by atoms with E-state index in [4.69, 9.17) is 0 Å². The number of anilines is 1. The molecular formula is C21H31N3O2S. The lowest BCUT2D eigenvalue weighted by Gasteiger charge is -2.34. The van der Waals surface area contributed by atoms with Gasteiger partial charge < -0.3 is 15.5 Å². The minimum atomic E-state index is -0.190. The van der Waals surface area contributed by atoms with Crippen LogP contribution in [0.25, 0.3) is 0 Å². The molecule has 1 unspecified atom stereocenters. The van der Waals surface area contributed by atoms with E-state index < -0.39 is 0 Å². The molecule has 1 aromatic rings. The Hall–Kier alpha value is -1.53. The highest BCUT2D eigenvalue weighted by molar-refractivity contribution is 8.01. The quantitative estimate of drug-likeness (QED) is 0.717. The van der Waals surface area contributed by atoms with Gasteiger partial charge in [-0.25, -0.2) is 0 Å². The van der Waals surface area contributed by atoms with E-state index in [1.54, 1.807) is 0 Å². The van der Waals surface area contributed by atoms with Crippen molar-refractivity contribution in [3.05, 3.63) is 29.8 Å². The summed E-state index contributed by atoms with van der Waals surface area (Å²) in [6.07, 6.45) is 4.81. The lowest BCUT2D eigenvalue weighted by molar-refractivity contribution is -0.131. The number of carbonyl (C=O) groups is 2. The van der Waals surface area contributed by atoms with Crippen LogP contribution in [-0.2, 0) is 9.59 Å². The third-order valence-electron chi connectivity index (χ3n) is 5.35. The van der Waals surface area contributed by atoms with Gasteiger partial charge in [0.1, 0.15) is 0 Å². The van der Waals surface area contributed by atoms with E-state index in [-0.39, 0.29) is 17.1 Å². The Labute approximate surface area is 166 Å². The molecule has 2 N–H and O–H groups in total. The molecule has 1 aliphatic carbocycles. The molecule has 1 atom stereocenters. The summed E-state index contributed by atoms with van der Waals surface area (Å²) in [6.45, 7) is 6.70. The highest BCUT2D eigenvalue weighted by Gasteiger charge is 2.28. The van der Waals surface area contributed by atoms with Gasteiger partial charge in [-0.15, -0.1) is 11.8 Å². The van der Waals surface area contributed by atoms with Crippen molar-refractivity contribution in [1.29, 1.82) is 0 Å². The van der Waals surface area contributed by atoms with Crippen molar-refractivity contribution < 1.29 is 9.59 Å². The van der Waals surface area contributed by atoms with E-state index in [0.29, 0.717) is 11.8 Å². The van der Waals surface area contributed by atoms with Gasteiger partial charge in [0.05, 0.1) is 11.0 Å². The average molecular weight is 390 g/mol. The Morgan fingerprint density at radius 2 is 1.81 bits per heavy atom. The molecule has 1 heterocycles. The van der Waals surface area contributed by atoms with E-state index in [9.17, 15) is 9.59 Å². The topological polar surface area (TPSA) is 61.4 Å². The molecule has 0 spiro atoms. The van der Waals surface area contributed by atoms with Crippen molar-refractivity contribution in [1.82, 2.24) is 10.2 Å². The van der Waals surface area contributed by atoms with E-state index in [2.05, 4.69) is 10.6 Å².